The molecule has 0 spiro atoms. The average Bonchev–Trinajstić information content (AvgIpc) is 2.25. The predicted octanol–water partition coefficient (Wildman–Crippen LogP) is 2.55. The van der Waals surface area contributed by atoms with E-state index in [1.807, 2.05) is 52.0 Å². The SMILES string of the molecule is Cc1cccc(C[S@@](=O)[C@@H](C)C(=O)NC(C)(C)C)c1. The van der Waals surface area contributed by atoms with Crippen LogP contribution in [0.15, 0.2) is 24.3 Å². The van der Waals surface area contributed by atoms with Crippen molar-refractivity contribution in [3.05, 3.63) is 35.4 Å². The van der Waals surface area contributed by atoms with Crippen LogP contribution in [0, 0.1) is 6.92 Å². The second-order valence-corrected chi connectivity index (χ2v) is 7.65. The van der Waals surface area contributed by atoms with Crippen molar-refractivity contribution in [3.63, 3.8) is 0 Å². The van der Waals surface area contributed by atoms with Crippen molar-refractivity contribution in [1.29, 1.82) is 0 Å². The standard InChI is InChI=1S/C15H23NO2S/c1-11-7-6-8-13(9-11)10-19(18)12(2)14(17)16-15(3,4)5/h6-9,12H,10H2,1-5H3,(H,16,17)/t12-,19+/m0/s1. The maximum atomic E-state index is 12.2. The zero-order valence-electron chi connectivity index (χ0n) is 12.3. The third kappa shape index (κ3) is 5.55. The summed E-state index contributed by atoms with van der Waals surface area (Å²) in [5.74, 6) is 0.263. The minimum Gasteiger partial charge on any atom is -0.350 e. The highest BCUT2D eigenvalue weighted by Crippen LogP contribution is 2.11. The molecule has 0 fully saturated rings. The van der Waals surface area contributed by atoms with Crippen LogP contribution in [-0.2, 0) is 21.3 Å². The maximum Gasteiger partial charge on any atom is 0.235 e. The van der Waals surface area contributed by atoms with E-state index in [0.29, 0.717) is 5.75 Å². The fraction of sp³-hybridized carbons (Fsp3) is 0.533. The molecule has 1 rings (SSSR count). The number of rotatable bonds is 4. The van der Waals surface area contributed by atoms with Gasteiger partial charge in [0, 0.05) is 22.1 Å². The van der Waals surface area contributed by atoms with Gasteiger partial charge in [0.1, 0.15) is 5.25 Å². The van der Waals surface area contributed by atoms with E-state index in [2.05, 4.69) is 5.32 Å². The van der Waals surface area contributed by atoms with E-state index in [-0.39, 0.29) is 11.4 Å². The van der Waals surface area contributed by atoms with E-state index in [4.69, 9.17) is 0 Å². The third-order valence-electron chi connectivity index (χ3n) is 2.65. The van der Waals surface area contributed by atoms with Crippen LogP contribution >= 0.6 is 0 Å². The molecule has 4 heteroatoms. The van der Waals surface area contributed by atoms with E-state index in [1.165, 1.54) is 0 Å². The van der Waals surface area contributed by atoms with Gasteiger partial charge in [-0.3, -0.25) is 9.00 Å². The van der Waals surface area contributed by atoms with Gasteiger partial charge in [-0.05, 0) is 40.2 Å². The van der Waals surface area contributed by atoms with Gasteiger partial charge in [0.15, 0.2) is 0 Å². The molecule has 0 saturated carbocycles. The molecule has 0 aliphatic heterocycles. The van der Waals surface area contributed by atoms with Crippen molar-refractivity contribution in [2.45, 2.75) is 51.2 Å². The summed E-state index contributed by atoms with van der Waals surface area (Å²) in [5.41, 5.74) is 1.86. The number of hydrogen-bond acceptors (Lipinski definition) is 2. The second kappa shape index (κ2) is 6.33. The zero-order valence-corrected chi connectivity index (χ0v) is 13.1. The molecule has 0 aliphatic carbocycles. The number of carbonyl (C=O) groups is 1. The molecule has 1 aromatic carbocycles. The van der Waals surface area contributed by atoms with E-state index in [9.17, 15) is 9.00 Å². The van der Waals surface area contributed by atoms with Crippen molar-refractivity contribution in [2.24, 2.45) is 0 Å². The molecule has 106 valence electrons. The number of carbonyl (C=O) groups excluding carboxylic acids is 1. The molecule has 1 N–H and O–H groups in total. The first-order valence-corrected chi connectivity index (χ1v) is 7.82. The Labute approximate surface area is 118 Å². The van der Waals surface area contributed by atoms with Gasteiger partial charge in [-0.2, -0.15) is 0 Å². The first-order valence-electron chi connectivity index (χ1n) is 6.44. The lowest BCUT2D eigenvalue weighted by molar-refractivity contribution is -0.121. The monoisotopic (exact) mass is 281 g/mol. The molecule has 0 saturated heterocycles. The summed E-state index contributed by atoms with van der Waals surface area (Å²) in [6, 6.07) is 7.90. The smallest absolute Gasteiger partial charge is 0.235 e. The van der Waals surface area contributed by atoms with Gasteiger partial charge in [-0.25, -0.2) is 0 Å². The lowest BCUT2D eigenvalue weighted by atomic mass is 10.1. The Bertz CT molecular complexity index is 477. The summed E-state index contributed by atoms with van der Waals surface area (Å²) in [6.07, 6.45) is 0. The van der Waals surface area contributed by atoms with Gasteiger partial charge in [0.05, 0.1) is 0 Å². The van der Waals surface area contributed by atoms with Gasteiger partial charge >= 0.3 is 0 Å². The normalized spacial score (nSPS) is 14.8. The fourth-order valence-electron chi connectivity index (χ4n) is 1.68. The number of nitrogens with one attached hydrogen (secondary N) is 1. The van der Waals surface area contributed by atoms with Gasteiger partial charge in [0.25, 0.3) is 0 Å². The highest BCUT2D eigenvalue weighted by atomic mass is 32.2. The predicted molar refractivity (Wildman–Crippen MR) is 80.4 cm³/mol. The Hall–Kier alpha value is -1.16. The Kier molecular flexibility index (Phi) is 5.29. The molecular weight excluding hydrogens is 258 g/mol. The number of amides is 1. The average molecular weight is 281 g/mol. The second-order valence-electron chi connectivity index (χ2n) is 5.90. The molecule has 0 aliphatic rings. The molecule has 0 bridgehead atoms. The minimum atomic E-state index is -1.20. The van der Waals surface area contributed by atoms with Crippen molar-refractivity contribution in [1.82, 2.24) is 5.32 Å². The van der Waals surface area contributed by atoms with E-state index < -0.39 is 16.0 Å². The van der Waals surface area contributed by atoms with E-state index in [1.54, 1.807) is 6.92 Å². The Balaban J connectivity index is 2.65. The minimum absolute atomic E-state index is 0.154. The molecule has 1 aromatic rings. The fourth-order valence-corrected chi connectivity index (χ4v) is 2.74. The van der Waals surface area contributed by atoms with Crippen LogP contribution in [0.1, 0.15) is 38.8 Å². The lowest BCUT2D eigenvalue weighted by Crippen LogP contribution is -2.46. The van der Waals surface area contributed by atoms with Gasteiger partial charge in [-0.15, -0.1) is 0 Å². The zero-order chi connectivity index (χ0) is 14.6. The molecule has 0 heterocycles. The van der Waals surface area contributed by atoms with Crippen molar-refractivity contribution < 1.29 is 9.00 Å². The summed E-state index contributed by atoms with van der Waals surface area (Å²) < 4.78 is 12.2. The quantitative estimate of drug-likeness (QED) is 0.922. The molecular formula is C15H23NO2S. The Morgan fingerprint density at radius 2 is 2.00 bits per heavy atom. The number of aryl methyl sites for hydroxylation is 1. The number of benzene rings is 1. The largest absolute Gasteiger partial charge is 0.350 e. The summed E-state index contributed by atoms with van der Waals surface area (Å²) in [4.78, 5) is 12.0. The van der Waals surface area contributed by atoms with Crippen LogP contribution in [0.3, 0.4) is 0 Å². The lowest BCUT2D eigenvalue weighted by Gasteiger charge is -2.23. The summed E-state index contributed by atoms with van der Waals surface area (Å²) in [7, 11) is -1.20. The van der Waals surface area contributed by atoms with Crippen LogP contribution in [0.2, 0.25) is 0 Å². The highest BCUT2D eigenvalue weighted by Gasteiger charge is 2.23. The maximum absolute atomic E-state index is 12.2. The highest BCUT2D eigenvalue weighted by molar-refractivity contribution is 7.85. The summed E-state index contributed by atoms with van der Waals surface area (Å²) in [6.45, 7) is 9.47. The molecule has 2 atom stereocenters. The van der Waals surface area contributed by atoms with E-state index in [0.717, 1.165) is 11.1 Å². The molecule has 19 heavy (non-hydrogen) atoms. The van der Waals surface area contributed by atoms with Gasteiger partial charge in [0.2, 0.25) is 5.91 Å². The molecule has 0 unspecified atom stereocenters. The van der Waals surface area contributed by atoms with Crippen molar-refractivity contribution >= 4 is 16.7 Å². The third-order valence-corrected chi connectivity index (χ3v) is 4.27. The molecule has 0 aromatic heterocycles. The summed E-state index contributed by atoms with van der Waals surface area (Å²) >= 11 is 0. The molecule has 3 nitrogen and oxygen atoms in total. The Morgan fingerprint density at radius 3 is 2.53 bits per heavy atom. The summed E-state index contributed by atoms with van der Waals surface area (Å²) in [5, 5.41) is 2.36. The number of hydrogen-bond donors (Lipinski definition) is 1. The first kappa shape index (κ1) is 15.9. The van der Waals surface area contributed by atoms with Gasteiger partial charge < -0.3 is 5.32 Å². The van der Waals surface area contributed by atoms with Crippen LogP contribution < -0.4 is 5.32 Å². The van der Waals surface area contributed by atoms with E-state index >= 15 is 0 Å². The van der Waals surface area contributed by atoms with Crippen molar-refractivity contribution in [3.8, 4) is 0 Å². The van der Waals surface area contributed by atoms with Crippen LogP contribution in [0.25, 0.3) is 0 Å². The Morgan fingerprint density at radius 1 is 1.37 bits per heavy atom. The van der Waals surface area contributed by atoms with Gasteiger partial charge in [-0.1, -0.05) is 29.8 Å². The molecule has 0 radical (unpaired) electrons. The van der Waals surface area contributed by atoms with Crippen LogP contribution in [-0.4, -0.2) is 20.9 Å². The first-order chi connectivity index (χ1) is 8.69. The molecule has 1 amide bonds. The van der Waals surface area contributed by atoms with Crippen molar-refractivity contribution in [2.75, 3.05) is 0 Å². The van der Waals surface area contributed by atoms with Crippen LogP contribution in [0.5, 0.6) is 0 Å². The van der Waals surface area contributed by atoms with Crippen LogP contribution in [0.4, 0.5) is 0 Å². The topological polar surface area (TPSA) is 46.2 Å².